The average Bonchev–Trinajstić information content (AvgIpc) is 2.66. The Kier molecular flexibility index (Phi) is 6.38. The molecule has 0 aromatic heterocycles. The van der Waals surface area contributed by atoms with Gasteiger partial charge in [-0.1, -0.05) is 0 Å². The summed E-state index contributed by atoms with van der Waals surface area (Å²) in [6.45, 7) is 0.446. The molecule has 0 aliphatic heterocycles. The van der Waals surface area contributed by atoms with Crippen molar-refractivity contribution in [2.24, 2.45) is 0 Å². The van der Waals surface area contributed by atoms with Gasteiger partial charge in [-0.15, -0.1) is 0 Å². The second kappa shape index (κ2) is 8.71. The molecule has 2 aromatic rings. The number of hydrogen-bond donors (Lipinski definition) is 8. The molecule has 0 aliphatic carbocycles. The smallest absolute Gasteiger partial charge is 0.255 e. The maximum absolute atomic E-state index is 11.9. The van der Waals surface area contributed by atoms with E-state index in [1.807, 2.05) is 0 Å². The van der Waals surface area contributed by atoms with Gasteiger partial charge in [0.05, 0.1) is 11.1 Å². The first-order valence-electron chi connectivity index (χ1n) is 8.28. The number of unbranched alkanes of at least 4 members (excludes halogenated alkanes) is 1. The molecule has 0 saturated carbocycles. The van der Waals surface area contributed by atoms with Gasteiger partial charge >= 0.3 is 0 Å². The number of phenols is 6. The fraction of sp³-hybridized carbons (Fsp3) is 0.222. The molecular formula is C18H20N2O8. The van der Waals surface area contributed by atoms with E-state index in [0.717, 1.165) is 12.1 Å². The molecule has 2 rings (SSSR count). The lowest BCUT2D eigenvalue weighted by Crippen LogP contribution is -2.27. The molecule has 0 bridgehead atoms. The fourth-order valence-corrected chi connectivity index (χ4v) is 2.35. The van der Waals surface area contributed by atoms with Crippen LogP contribution in [-0.2, 0) is 0 Å². The lowest BCUT2D eigenvalue weighted by molar-refractivity contribution is 0.0935. The van der Waals surface area contributed by atoms with Crippen LogP contribution >= 0.6 is 0 Å². The summed E-state index contributed by atoms with van der Waals surface area (Å²) in [4.78, 5) is 23.9. The maximum Gasteiger partial charge on any atom is 0.255 e. The highest BCUT2D eigenvalue weighted by atomic mass is 16.3. The van der Waals surface area contributed by atoms with Crippen molar-refractivity contribution in [2.75, 3.05) is 13.1 Å². The Hall–Kier alpha value is -3.82. The zero-order chi connectivity index (χ0) is 20.8. The normalized spacial score (nSPS) is 10.4. The Morgan fingerprint density at radius 1 is 0.607 bits per heavy atom. The van der Waals surface area contributed by atoms with E-state index >= 15 is 0 Å². The second-order valence-electron chi connectivity index (χ2n) is 5.88. The number of hydrogen-bond acceptors (Lipinski definition) is 8. The standard InChI is InChI=1S/C18H20N2O8/c21-11-5-3-9(13(23)15(11)25)17(27)19-7-1-2-8-20-18(28)10-4-6-12(22)16(26)14(10)24/h3-6,21-26H,1-2,7-8H2,(H,19,27)(H,20,28). The summed E-state index contributed by atoms with van der Waals surface area (Å²) in [5.74, 6) is -5.36. The molecule has 10 nitrogen and oxygen atoms in total. The van der Waals surface area contributed by atoms with Gasteiger partial charge in [-0.3, -0.25) is 9.59 Å². The molecule has 0 unspecified atom stereocenters. The van der Waals surface area contributed by atoms with Crippen molar-refractivity contribution in [1.29, 1.82) is 0 Å². The van der Waals surface area contributed by atoms with Gasteiger partial charge in [0.1, 0.15) is 0 Å². The van der Waals surface area contributed by atoms with Crippen LogP contribution in [0.5, 0.6) is 34.5 Å². The molecule has 0 atom stereocenters. The van der Waals surface area contributed by atoms with Crippen LogP contribution in [0.1, 0.15) is 33.6 Å². The molecule has 2 aromatic carbocycles. The average molecular weight is 392 g/mol. The van der Waals surface area contributed by atoms with Gasteiger partial charge in [-0.25, -0.2) is 0 Å². The third-order valence-corrected chi connectivity index (χ3v) is 3.92. The number of phenolic OH excluding ortho intramolecular Hbond substituents is 6. The summed E-state index contributed by atoms with van der Waals surface area (Å²) in [6, 6.07) is 4.49. The largest absolute Gasteiger partial charge is 0.504 e. The molecule has 10 heteroatoms. The second-order valence-corrected chi connectivity index (χ2v) is 5.88. The van der Waals surface area contributed by atoms with Crippen molar-refractivity contribution in [3.63, 3.8) is 0 Å². The summed E-state index contributed by atoms with van der Waals surface area (Å²) in [7, 11) is 0. The molecule has 0 spiro atoms. The van der Waals surface area contributed by atoms with Gasteiger partial charge in [0, 0.05) is 13.1 Å². The van der Waals surface area contributed by atoms with Gasteiger partial charge in [0.15, 0.2) is 23.0 Å². The molecule has 150 valence electrons. The third-order valence-electron chi connectivity index (χ3n) is 3.92. The summed E-state index contributed by atoms with van der Waals surface area (Å²) in [5, 5.41) is 61.6. The molecule has 0 radical (unpaired) electrons. The predicted molar refractivity (Wildman–Crippen MR) is 96.8 cm³/mol. The monoisotopic (exact) mass is 392 g/mol. The Morgan fingerprint density at radius 3 is 1.32 bits per heavy atom. The van der Waals surface area contributed by atoms with Crippen molar-refractivity contribution in [3.05, 3.63) is 35.4 Å². The topological polar surface area (TPSA) is 180 Å². The van der Waals surface area contributed by atoms with Gasteiger partial charge in [-0.2, -0.15) is 0 Å². The Morgan fingerprint density at radius 2 is 0.964 bits per heavy atom. The van der Waals surface area contributed by atoms with Crippen LogP contribution in [0, 0.1) is 0 Å². The lowest BCUT2D eigenvalue weighted by Gasteiger charge is -2.10. The predicted octanol–water partition coefficient (Wildman–Crippen LogP) is 0.860. The van der Waals surface area contributed by atoms with E-state index in [4.69, 9.17) is 0 Å². The van der Waals surface area contributed by atoms with Crippen LogP contribution in [0.3, 0.4) is 0 Å². The minimum absolute atomic E-state index is 0.189. The van der Waals surface area contributed by atoms with E-state index in [2.05, 4.69) is 10.6 Å². The molecule has 0 aliphatic rings. The van der Waals surface area contributed by atoms with Gasteiger partial charge in [0.2, 0.25) is 11.5 Å². The van der Waals surface area contributed by atoms with E-state index in [1.54, 1.807) is 0 Å². The van der Waals surface area contributed by atoms with E-state index in [9.17, 15) is 40.2 Å². The number of carbonyl (C=O) groups is 2. The first-order valence-corrected chi connectivity index (χ1v) is 8.28. The van der Waals surface area contributed by atoms with Crippen molar-refractivity contribution < 1.29 is 40.2 Å². The van der Waals surface area contributed by atoms with E-state index in [0.29, 0.717) is 12.8 Å². The zero-order valence-corrected chi connectivity index (χ0v) is 14.6. The Balaban J connectivity index is 1.75. The molecule has 28 heavy (non-hydrogen) atoms. The van der Waals surface area contributed by atoms with Gasteiger partial charge in [0.25, 0.3) is 11.8 Å². The van der Waals surface area contributed by atoms with E-state index in [1.165, 1.54) is 12.1 Å². The molecule has 0 saturated heterocycles. The minimum Gasteiger partial charge on any atom is -0.504 e. The van der Waals surface area contributed by atoms with Crippen LogP contribution in [0.25, 0.3) is 0 Å². The number of carbonyl (C=O) groups excluding carboxylic acids is 2. The highest BCUT2D eigenvalue weighted by molar-refractivity contribution is 5.98. The summed E-state index contributed by atoms with van der Waals surface area (Å²) < 4.78 is 0. The summed E-state index contributed by atoms with van der Waals surface area (Å²) in [5.41, 5.74) is -0.377. The fourth-order valence-electron chi connectivity index (χ4n) is 2.35. The van der Waals surface area contributed by atoms with Crippen molar-refractivity contribution in [3.8, 4) is 34.5 Å². The Bertz CT molecular complexity index is 824. The number of nitrogens with one attached hydrogen (secondary N) is 2. The van der Waals surface area contributed by atoms with Crippen LogP contribution in [0.4, 0.5) is 0 Å². The van der Waals surface area contributed by atoms with Crippen LogP contribution in [0.2, 0.25) is 0 Å². The number of benzene rings is 2. The minimum atomic E-state index is -0.779. The highest BCUT2D eigenvalue weighted by Crippen LogP contribution is 2.37. The molecule has 0 fully saturated rings. The number of aromatic hydroxyl groups is 6. The summed E-state index contributed by atoms with van der Waals surface area (Å²) >= 11 is 0. The quantitative estimate of drug-likeness (QED) is 0.252. The summed E-state index contributed by atoms with van der Waals surface area (Å²) in [6.07, 6.45) is 0.952. The van der Waals surface area contributed by atoms with Crippen LogP contribution < -0.4 is 10.6 Å². The number of amides is 2. The van der Waals surface area contributed by atoms with Crippen LogP contribution in [-0.4, -0.2) is 55.5 Å². The Labute approximate surface area is 159 Å². The molecule has 8 N–H and O–H groups in total. The molecule has 2 amide bonds. The highest BCUT2D eigenvalue weighted by Gasteiger charge is 2.18. The van der Waals surface area contributed by atoms with E-state index < -0.39 is 46.3 Å². The first-order chi connectivity index (χ1) is 13.2. The molecule has 0 heterocycles. The zero-order valence-electron chi connectivity index (χ0n) is 14.6. The third kappa shape index (κ3) is 4.47. The maximum atomic E-state index is 11.9. The van der Waals surface area contributed by atoms with Gasteiger partial charge in [-0.05, 0) is 37.1 Å². The van der Waals surface area contributed by atoms with E-state index in [-0.39, 0.29) is 24.2 Å². The van der Waals surface area contributed by atoms with Crippen molar-refractivity contribution in [2.45, 2.75) is 12.8 Å². The van der Waals surface area contributed by atoms with Crippen molar-refractivity contribution >= 4 is 11.8 Å². The first kappa shape index (κ1) is 20.5. The van der Waals surface area contributed by atoms with Gasteiger partial charge < -0.3 is 41.3 Å². The SMILES string of the molecule is O=C(NCCCCNC(=O)c1ccc(O)c(O)c1O)c1ccc(O)c(O)c1O. The number of rotatable bonds is 7. The van der Waals surface area contributed by atoms with Crippen molar-refractivity contribution in [1.82, 2.24) is 10.6 Å². The van der Waals surface area contributed by atoms with Crippen LogP contribution in [0.15, 0.2) is 24.3 Å². The lowest BCUT2D eigenvalue weighted by atomic mass is 10.1. The molecular weight excluding hydrogens is 372 g/mol.